The van der Waals surface area contributed by atoms with Gasteiger partial charge in [0.05, 0.1) is 10.3 Å². The minimum atomic E-state index is -1.29. The summed E-state index contributed by atoms with van der Waals surface area (Å²) in [5, 5.41) is 13.2. The minimum absolute atomic E-state index is 0.0912. The molecule has 1 aromatic rings. The average molecular weight is 273 g/mol. The Morgan fingerprint density at radius 2 is 2.05 bits per heavy atom. The highest BCUT2D eigenvalue weighted by Crippen LogP contribution is 2.29. The zero-order chi connectivity index (χ0) is 14.8. The number of hydrogen-bond donors (Lipinski definition) is 2. The van der Waals surface area contributed by atoms with Crippen molar-refractivity contribution in [2.75, 3.05) is 11.9 Å². The second-order valence-electron chi connectivity index (χ2n) is 4.64. The van der Waals surface area contributed by atoms with E-state index in [0.717, 1.165) is 6.07 Å². The van der Waals surface area contributed by atoms with Crippen LogP contribution in [0.1, 0.15) is 13.8 Å². The van der Waals surface area contributed by atoms with Crippen molar-refractivity contribution >= 4 is 17.3 Å². The average Bonchev–Trinajstić information content (AvgIpc) is 2.24. The highest BCUT2D eigenvalue weighted by atomic mass is 19.1. The van der Waals surface area contributed by atoms with Gasteiger partial charge in [-0.1, -0.05) is 0 Å². The molecule has 0 saturated heterocycles. The molecule has 8 heteroatoms. The summed E-state index contributed by atoms with van der Waals surface area (Å²) in [4.78, 5) is 20.9. The van der Waals surface area contributed by atoms with Crippen molar-refractivity contribution in [1.29, 1.82) is 0 Å². The maximum Gasteiger partial charge on any atom is 0.327 e. The molecule has 0 unspecified atom stereocenters. The van der Waals surface area contributed by atoms with Gasteiger partial charge in [-0.15, -0.1) is 0 Å². The van der Waals surface area contributed by atoms with Crippen molar-refractivity contribution in [3.05, 3.63) is 33.9 Å². The van der Waals surface area contributed by atoms with Crippen LogP contribution in [-0.2, 0) is 4.79 Å². The Labute approximate surface area is 107 Å². The van der Waals surface area contributed by atoms with Crippen molar-refractivity contribution in [3.8, 4) is 0 Å². The molecule has 0 bridgehead atoms. The summed E-state index contributed by atoms with van der Waals surface area (Å²) in [6, 6.07) is 1.21. The Kier molecular flexibility index (Phi) is 4.03. The van der Waals surface area contributed by atoms with E-state index in [9.17, 15) is 23.7 Å². The minimum Gasteiger partial charge on any atom is -0.378 e. The van der Waals surface area contributed by atoms with Crippen LogP contribution in [0.2, 0.25) is 0 Å². The molecule has 0 spiro atoms. The summed E-state index contributed by atoms with van der Waals surface area (Å²) in [5.41, 5.74) is 2.90. The van der Waals surface area contributed by atoms with Gasteiger partial charge in [0.1, 0.15) is 11.5 Å². The molecule has 0 aliphatic rings. The Morgan fingerprint density at radius 3 is 2.53 bits per heavy atom. The van der Waals surface area contributed by atoms with Gasteiger partial charge >= 0.3 is 5.69 Å². The fourth-order valence-corrected chi connectivity index (χ4v) is 1.29. The van der Waals surface area contributed by atoms with Gasteiger partial charge in [0.25, 0.3) is 0 Å². The number of carbonyl (C=O) groups is 1. The van der Waals surface area contributed by atoms with Crippen LogP contribution >= 0.6 is 0 Å². The molecule has 0 aliphatic heterocycles. The topological polar surface area (TPSA) is 98.3 Å². The van der Waals surface area contributed by atoms with E-state index in [1.54, 1.807) is 0 Å². The number of nitro groups is 1. The van der Waals surface area contributed by atoms with E-state index in [2.05, 4.69) is 5.32 Å². The number of benzene rings is 1. The summed E-state index contributed by atoms with van der Waals surface area (Å²) in [5.74, 6) is -2.88. The zero-order valence-corrected chi connectivity index (χ0v) is 10.4. The summed E-state index contributed by atoms with van der Waals surface area (Å²) < 4.78 is 26.4. The molecule has 0 aliphatic carbocycles. The van der Waals surface area contributed by atoms with Crippen molar-refractivity contribution in [1.82, 2.24) is 0 Å². The van der Waals surface area contributed by atoms with Crippen LogP contribution in [-0.4, -0.2) is 17.4 Å². The monoisotopic (exact) mass is 273 g/mol. The Bertz CT molecular complexity index is 532. The van der Waals surface area contributed by atoms with Gasteiger partial charge < -0.3 is 11.1 Å². The van der Waals surface area contributed by atoms with E-state index in [1.165, 1.54) is 13.8 Å². The lowest BCUT2D eigenvalue weighted by Gasteiger charge is -2.21. The second-order valence-corrected chi connectivity index (χ2v) is 4.64. The molecule has 1 amide bonds. The summed E-state index contributed by atoms with van der Waals surface area (Å²) in [7, 11) is 0. The zero-order valence-electron chi connectivity index (χ0n) is 10.4. The molecule has 0 heterocycles. The first kappa shape index (κ1) is 14.8. The molecule has 0 fully saturated rings. The lowest BCUT2D eigenvalue weighted by Crippen LogP contribution is -2.37. The number of carbonyl (C=O) groups excluding carboxylic acids is 1. The van der Waals surface area contributed by atoms with E-state index in [-0.39, 0.29) is 12.2 Å². The van der Waals surface area contributed by atoms with Crippen molar-refractivity contribution in [2.45, 2.75) is 13.8 Å². The van der Waals surface area contributed by atoms with Gasteiger partial charge in [-0.05, 0) is 13.8 Å². The highest BCUT2D eigenvalue weighted by Gasteiger charge is 2.27. The Hall–Kier alpha value is -2.25. The summed E-state index contributed by atoms with van der Waals surface area (Å²) in [6.45, 7) is 2.92. The van der Waals surface area contributed by atoms with Crippen LogP contribution in [0.3, 0.4) is 0 Å². The molecule has 0 atom stereocenters. The first-order chi connectivity index (χ1) is 8.65. The number of nitrogens with zero attached hydrogens (tertiary/aromatic N) is 1. The predicted molar refractivity (Wildman–Crippen MR) is 64.5 cm³/mol. The van der Waals surface area contributed by atoms with Gasteiger partial charge in [-0.3, -0.25) is 14.9 Å². The van der Waals surface area contributed by atoms with Crippen LogP contribution in [0.25, 0.3) is 0 Å². The van der Waals surface area contributed by atoms with Gasteiger partial charge in [0, 0.05) is 18.7 Å². The Balaban J connectivity index is 3.07. The van der Waals surface area contributed by atoms with Gasteiger partial charge in [0.2, 0.25) is 11.7 Å². The van der Waals surface area contributed by atoms with E-state index in [1.807, 2.05) is 0 Å². The lowest BCUT2D eigenvalue weighted by atomic mass is 9.92. The molecule has 6 nitrogen and oxygen atoms in total. The van der Waals surface area contributed by atoms with E-state index < -0.39 is 33.6 Å². The number of primary amides is 1. The lowest BCUT2D eigenvalue weighted by molar-refractivity contribution is -0.386. The molecule has 0 saturated carbocycles. The standard InChI is InChI=1S/C11H13F2N3O3/c1-11(2,10(14)17)5-15-8-4-6(12)3-7(13)9(8)16(18)19/h3-4,15H,5H2,1-2H3,(H2,14,17). The number of nitrogens with two attached hydrogens (primary N) is 1. The molecule has 19 heavy (non-hydrogen) atoms. The number of rotatable bonds is 5. The molecular weight excluding hydrogens is 260 g/mol. The van der Waals surface area contributed by atoms with E-state index in [4.69, 9.17) is 5.73 Å². The molecule has 104 valence electrons. The smallest absolute Gasteiger partial charge is 0.327 e. The van der Waals surface area contributed by atoms with Crippen LogP contribution in [0.4, 0.5) is 20.2 Å². The van der Waals surface area contributed by atoms with Crippen molar-refractivity contribution < 1.29 is 18.5 Å². The maximum absolute atomic E-state index is 13.3. The van der Waals surface area contributed by atoms with Gasteiger partial charge in [-0.25, -0.2) is 4.39 Å². The molecule has 0 radical (unpaired) electrons. The van der Waals surface area contributed by atoms with Crippen LogP contribution in [0, 0.1) is 27.2 Å². The maximum atomic E-state index is 13.3. The molecule has 1 rings (SSSR count). The van der Waals surface area contributed by atoms with Crippen LogP contribution in [0.15, 0.2) is 12.1 Å². The summed E-state index contributed by atoms with van der Waals surface area (Å²) in [6.07, 6.45) is 0. The fraction of sp³-hybridized carbons (Fsp3) is 0.364. The number of nitro benzene ring substituents is 1. The predicted octanol–water partition coefficient (Wildman–Crippen LogP) is 1.80. The van der Waals surface area contributed by atoms with Crippen molar-refractivity contribution in [3.63, 3.8) is 0 Å². The number of nitrogens with one attached hydrogen (secondary N) is 1. The van der Waals surface area contributed by atoms with Crippen LogP contribution < -0.4 is 11.1 Å². The largest absolute Gasteiger partial charge is 0.378 e. The molecular formula is C11H13F2N3O3. The second kappa shape index (κ2) is 5.17. The first-order valence-electron chi connectivity index (χ1n) is 5.32. The Morgan fingerprint density at radius 1 is 1.47 bits per heavy atom. The molecule has 1 aromatic carbocycles. The quantitative estimate of drug-likeness (QED) is 0.631. The summed E-state index contributed by atoms with van der Waals surface area (Å²) >= 11 is 0. The van der Waals surface area contributed by atoms with Crippen LogP contribution in [0.5, 0.6) is 0 Å². The number of amides is 1. The third-order valence-electron chi connectivity index (χ3n) is 2.60. The normalized spacial score (nSPS) is 11.2. The van der Waals surface area contributed by atoms with Crippen molar-refractivity contribution in [2.24, 2.45) is 11.1 Å². The SMILES string of the molecule is CC(C)(CNc1cc(F)cc(F)c1[N+](=O)[O-])C(N)=O. The third-order valence-corrected chi connectivity index (χ3v) is 2.60. The molecule has 3 N–H and O–H groups in total. The molecule has 0 aromatic heterocycles. The van der Waals surface area contributed by atoms with E-state index in [0.29, 0.717) is 6.07 Å². The highest BCUT2D eigenvalue weighted by molar-refractivity contribution is 5.80. The van der Waals surface area contributed by atoms with Gasteiger partial charge in [0.15, 0.2) is 0 Å². The third kappa shape index (κ3) is 3.36. The van der Waals surface area contributed by atoms with Gasteiger partial charge in [-0.2, -0.15) is 4.39 Å². The fourth-order valence-electron chi connectivity index (χ4n) is 1.29. The number of halogens is 2. The first-order valence-corrected chi connectivity index (χ1v) is 5.32. The van der Waals surface area contributed by atoms with E-state index >= 15 is 0 Å². The number of hydrogen-bond acceptors (Lipinski definition) is 4. The number of anilines is 1.